The minimum absolute atomic E-state index is 0.220. The summed E-state index contributed by atoms with van der Waals surface area (Å²) in [6, 6.07) is 12.3. The van der Waals surface area contributed by atoms with Crippen molar-refractivity contribution in [1.29, 1.82) is 0 Å². The van der Waals surface area contributed by atoms with Crippen LogP contribution in [0.25, 0.3) is 0 Å². The smallest absolute Gasteiger partial charge is 0.123 e. The van der Waals surface area contributed by atoms with Gasteiger partial charge in [-0.05, 0) is 54.3 Å². The predicted molar refractivity (Wildman–Crippen MR) is 74.8 cm³/mol. The number of hydrogen-bond acceptors (Lipinski definition) is 2. The molecule has 0 saturated carbocycles. The fourth-order valence-electron chi connectivity index (χ4n) is 2.17. The average molecular weight is 259 g/mol. The third kappa shape index (κ3) is 3.32. The number of rotatable bonds is 4. The summed E-state index contributed by atoms with van der Waals surface area (Å²) in [6.45, 7) is 1.94. The molecule has 0 fully saturated rings. The van der Waals surface area contributed by atoms with Gasteiger partial charge in [0.05, 0.1) is 7.11 Å². The van der Waals surface area contributed by atoms with E-state index in [1.807, 2.05) is 31.2 Å². The molecule has 0 aliphatic carbocycles. The molecule has 0 aliphatic heterocycles. The minimum atomic E-state index is -0.248. The summed E-state index contributed by atoms with van der Waals surface area (Å²) in [5.41, 5.74) is 9.12. The molecule has 0 radical (unpaired) electrons. The standard InChI is InChI=1S/C16H18FNO/c1-11-6-7-13(17)10-15(11)16(18)9-12-4-3-5-14(8-12)19-2/h3-8,10,16H,9,18H2,1-2H3. The molecule has 3 heteroatoms. The second-order valence-electron chi connectivity index (χ2n) is 4.66. The Morgan fingerprint density at radius 3 is 2.74 bits per heavy atom. The molecular formula is C16H18FNO. The second kappa shape index (κ2) is 5.85. The quantitative estimate of drug-likeness (QED) is 0.913. The Morgan fingerprint density at radius 2 is 2.00 bits per heavy atom. The van der Waals surface area contributed by atoms with Gasteiger partial charge in [-0.1, -0.05) is 18.2 Å². The van der Waals surface area contributed by atoms with Gasteiger partial charge in [-0.2, -0.15) is 0 Å². The molecule has 2 aromatic carbocycles. The molecule has 2 rings (SSSR count). The van der Waals surface area contributed by atoms with Crippen LogP contribution in [0, 0.1) is 12.7 Å². The van der Waals surface area contributed by atoms with Gasteiger partial charge >= 0.3 is 0 Å². The van der Waals surface area contributed by atoms with Crippen molar-refractivity contribution >= 4 is 0 Å². The molecule has 0 bridgehead atoms. The maximum absolute atomic E-state index is 13.3. The van der Waals surface area contributed by atoms with E-state index in [0.29, 0.717) is 6.42 Å². The third-order valence-electron chi connectivity index (χ3n) is 3.23. The first-order valence-electron chi connectivity index (χ1n) is 6.24. The van der Waals surface area contributed by atoms with Crippen molar-refractivity contribution in [2.45, 2.75) is 19.4 Å². The molecule has 0 heterocycles. The summed E-state index contributed by atoms with van der Waals surface area (Å²) in [6.07, 6.45) is 0.654. The molecule has 0 spiro atoms. The van der Waals surface area contributed by atoms with E-state index in [1.165, 1.54) is 12.1 Å². The van der Waals surface area contributed by atoms with E-state index in [1.54, 1.807) is 13.2 Å². The highest BCUT2D eigenvalue weighted by Gasteiger charge is 2.11. The Morgan fingerprint density at radius 1 is 1.21 bits per heavy atom. The van der Waals surface area contributed by atoms with Crippen LogP contribution in [0.5, 0.6) is 5.75 Å². The first-order valence-corrected chi connectivity index (χ1v) is 6.24. The highest BCUT2D eigenvalue weighted by atomic mass is 19.1. The Hall–Kier alpha value is -1.87. The molecule has 0 aliphatic rings. The van der Waals surface area contributed by atoms with E-state index < -0.39 is 0 Å². The van der Waals surface area contributed by atoms with E-state index in [2.05, 4.69) is 0 Å². The van der Waals surface area contributed by atoms with Crippen LogP contribution in [0.2, 0.25) is 0 Å². The van der Waals surface area contributed by atoms with E-state index in [4.69, 9.17) is 10.5 Å². The molecule has 0 aromatic heterocycles. The highest BCUT2D eigenvalue weighted by Crippen LogP contribution is 2.22. The zero-order valence-corrected chi connectivity index (χ0v) is 11.2. The first kappa shape index (κ1) is 13.6. The zero-order chi connectivity index (χ0) is 13.8. The monoisotopic (exact) mass is 259 g/mol. The summed E-state index contributed by atoms with van der Waals surface area (Å²) < 4.78 is 18.5. The maximum Gasteiger partial charge on any atom is 0.123 e. The number of halogens is 1. The number of methoxy groups -OCH3 is 1. The van der Waals surface area contributed by atoms with Crippen molar-refractivity contribution in [2.24, 2.45) is 5.73 Å². The van der Waals surface area contributed by atoms with Gasteiger partial charge in [-0.15, -0.1) is 0 Å². The molecule has 2 aromatic rings. The van der Waals surface area contributed by atoms with Gasteiger partial charge in [0.25, 0.3) is 0 Å². The lowest BCUT2D eigenvalue weighted by Gasteiger charge is -2.15. The van der Waals surface area contributed by atoms with Crippen LogP contribution >= 0.6 is 0 Å². The Bertz CT molecular complexity index is 568. The summed E-state index contributed by atoms with van der Waals surface area (Å²) in [5, 5.41) is 0. The Kier molecular flexibility index (Phi) is 4.17. The van der Waals surface area contributed by atoms with Gasteiger partial charge in [-0.25, -0.2) is 4.39 Å². The average Bonchev–Trinajstić information content (AvgIpc) is 2.41. The number of ether oxygens (including phenoxy) is 1. The Balaban J connectivity index is 2.20. The van der Waals surface area contributed by atoms with Crippen LogP contribution in [0.15, 0.2) is 42.5 Å². The van der Waals surface area contributed by atoms with Crippen LogP contribution in [-0.4, -0.2) is 7.11 Å². The van der Waals surface area contributed by atoms with Crippen LogP contribution < -0.4 is 10.5 Å². The van der Waals surface area contributed by atoms with E-state index in [0.717, 1.165) is 22.4 Å². The van der Waals surface area contributed by atoms with E-state index in [-0.39, 0.29) is 11.9 Å². The van der Waals surface area contributed by atoms with Gasteiger partial charge < -0.3 is 10.5 Å². The summed E-state index contributed by atoms with van der Waals surface area (Å²) in [7, 11) is 1.63. The van der Waals surface area contributed by atoms with Gasteiger partial charge in [0, 0.05) is 6.04 Å². The molecule has 100 valence electrons. The van der Waals surface area contributed by atoms with Crippen molar-refractivity contribution in [3.05, 3.63) is 65.0 Å². The fourth-order valence-corrected chi connectivity index (χ4v) is 2.17. The molecule has 2 nitrogen and oxygen atoms in total. The normalized spacial score (nSPS) is 12.2. The molecule has 0 amide bonds. The van der Waals surface area contributed by atoms with Gasteiger partial charge in [0.15, 0.2) is 0 Å². The topological polar surface area (TPSA) is 35.2 Å². The molecule has 1 unspecified atom stereocenters. The first-order chi connectivity index (χ1) is 9.10. The van der Waals surface area contributed by atoms with Crippen molar-refractivity contribution in [1.82, 2.24) is 0 Å². The summed E-state index contributed by atoms with van der Waals surface area (Å²) in [5.74, 6) is 0.558. The maximum atomic E-state index is 13.3. The molecule has 1 atom stereocenters. The van der Waals surface area contributed by atoms with Crippen molar-refractivity contribution in [3.63, 3.8) is 0 Å². The zero-order valence-electron chi connectivity index (χ0n) is 11.2. The lowest BCUT2D eigenvalue weighted by Crippen LogP contribution is -2.15. The lowest BCUT2D eigenvalue weighted by molar-refractivity contribution is 0.414. The molecule has 19 heavy (non-hydrogen) atoms. The highest BCUT2D eigenvalue weighted by molar-refractivity contribution is 5.33. The number of aryl methyl sites for hydroxylation is 1. The van der Waals surface area contributed by atoms with Crippen LogP contribution in [0.1, 0.15) is 22.7 Å². The minimum Gasteiger partial charge on any atom is -0.497 e. The predicted octanol–water partition coefficient (Wildman–Crippen LogP) is 3.39. The number of benzene rings is 2. The number of nitrogens with two attached hydrogens (primary N) is 1. The molecule has 0 saturated heterocycles. The van der Waals surface area contributed by atoms with Gasteiger partial charge in [0.1, 0.15) is 11.6 Å². The van der Waals surface area contributed by atoms with E-state index >= 15 is 0 Å². The third-order valence-corrected chi connectivity index (χ3v) is 3.23. The largest absolute Gasteiger partial charge is 0.497 e. The van der Waals surface area contributed by atoms with Crippen molar-refractivity contribution < 1.29 is 9.13 Å². The van der Waals surface area contributed by atoms with Crippen molar-refractivity contribution in [3.8, 4) is 5.75 Å². The van der Waals surface area contributed by atoms with Gasteiger partial charge in [-0.3, -0.25) is 0 Å². The number of hydrogen-bond donors (Lipinski definition) is 1. The van der Waals surface area contributed by atoms with Crippen LogP contribution in [0.4, 0.5) is 4.39 Å². The Labute approximate surface area is 113 Å². The molecular weight excluding hydrogens is 241 g/mol. The fraction of sp³-hybridized carbons (Fsp3) is 0.250. The van der Waals surface area contributed by atoms with Crippen LogP contribution in [-0.2, 0) is 6.42 Å². The second-order valence-corrected chi connectivity index (χ2v) is 4.66. The lowest BCUT2D eigenvalue weighted by atomic mass is 9.96. The van der Waals surface area contributed by atoms with Gasteiger partial charge in [0.2, 0.25) is 0 Å². The SMILES string of the molecule is COc1cccc(CC(N)c2cc(F)ccc2C)c1. The van der Waals surface area contributed by atoms with Crippen LogP contribution in [0.3, 0.4) is 0 Å². The van der Waals surface area contributed by atoms with E-state index in [9.17, 15) is 4.39 Å². The molecule has 2 N–H and O–H groups in total. The summed E-state index contributed by atoms with van der Waals surface area (Å²) in [4.78, 5) is 0. The van der Waals surface area contributed by atoms with Crippen molar-refractivity contribution in [2.75, 3.05) is 7.11 Å². The summed E-state index contributed by atoms with van der Waals surface area (Å²) >= 11 is 0.